The van der Waals surface area contributed by atoms with Crippen molar-refractivity contribution in [1.29, 1.82) is 0 Å². The number of thioether (sulfide) groups is 1. The molecule has 1 fully saturated rings. The molecule has 1 N–H and O–H groups in total. The van der Waals surface area contributed by atoms with Gasteiger partial charge in [-0.1, -0.05) is 30.0 Å². The number of halogens is 3. The van der Waals surface area contributed by atoms with Gasteiger partial charge in [-0.3, -0.25) is 9.69 Å². The van der Waals surface area contributed by atoms with E-state index in [1.165, 1.54) is 12.1 Å². The molecule has 23 heavy (non-hydrogen) atoms. The smallest absolute Gasteiger partial charge is 0.362 e. The van der Waals surface area contributed by atoms with E-state index in [4.69, 9.17) is 12.2 Å². The van der Waals surface area contributed by atoms with Crippen LogP contribution in [0, 0.1) is 0 Å². The normalized spacial score (nSPS) is 17.3. The molecule has 2 aromatic rings. The van der Waals surface area contributed by atoms with Gasteiger partial charge in [0.25, 0.3) is 5.91 Å². The van der Waals surface area contributed by atoms with Crippen molar-refractivity contribution in [1.82, 2.24) is 4.98 Å². The molecule has 0 bridgehead atoms. The summed E-state index contributed by atoms with van der Waals surface area (Å²) in [5, 5.41) is 0. The second kappa shape index (κ2) is 5.86. The van der Waals surface area contributed by atoms with Crippen molar-refractivity contribution in [2.45, 2.75) is 6.18 Å². The largest absolute Gasteiger partial charge is 0.416 e. The number of carbonyl (C=O) groups excluding carboxylic acids is 1. The van der Waals surface area contributed by atoms with E-state index in [0.717, 1.165) is 34.5 Å². The zero-order chi connectivity index (χ0) is 16.6. The summed E-state index contributed by atoms with van der Waals surface area (Å²) in [6, 6.07) is 8.11. The number of hydrogen-bond acceptors (Lipinski definition) is 3. The van der Waals surface area contributed by atoms with Gasteiger partial charge in [-0.2, -0.15) is 13.2 Å². The number of amides is 1. The van der Waals surface area contributed by atoms with Crippen LogP contribution in [0.15, 0.2) is 47.5 Å². The average molecular weight is 354 g/mol. The van der Waals surface area contributed by atoms with E-state index in [1.54, 1.807) is 24.4 Å². The van der Waals surface area contributed by atoms with E-state index in [-0.39, 0.29) is 10.0 Å². The van der Waals surface area contributed by atoms with Crippen LogP contribution in [0.5, 0.6) is 0 Å². The first-order valence-corrected chi connectivity index (χ1v) is 7.67. The maximum Gasteiger partial charge on any atom is 0.416 e. The number of nitrogens with one attached hydrogen (secondary N) is 1. The van der Waals surface area contributed by atoms with E-state index in [0.29, 0.717) is 4.91 Å². The third kappa shape index (κ3) is 3.18. The van der Waals surface area contributed by atoms with Gasteiger partial charge in [0.2, 0.25) is 0 Å². The number of anilines is 1. The topological polar surface area (TPSA) is 36.1 Å². The molecule has 1 aromatic heterocycles. The van der Waals surface area contributed by atoms with E-state index in [1.807, 2.05) is 0 Å². The minimum atomic E-state index is -4.48. The molecule has 0 saturated carbocycles. The second-order valence-electron chi connectivity index (χ2n) is 4.69. The molecule has 1 aliphatic rings. The molecule has 8 heteroatoms. The van der Waals surface area contributed by atoms with Gasteiger partial charge in [0.05, 0.1) is 16.2 Å². The predicted octanol–water partition coefficient (Wildman–Crippen LogP) is 4.44. The molecule has 118 valence electrons. The van der Waals surface area contributed by atoms with Gasteiger partial charge >= 0.3 is 6.18 Å². The predicted molar refractivity (Wildman–Crippen MR) is 87.9 cm³/mol. The van der Waals surface area contributed by atoms with Crippen LogP contribution in [-0.2, 0) is 11.0 Å². The number of thiocarbonyl (C=S) groups is 1. The Morgan fingerprint density at radius 2 is 2.00 bits per heavy atom. The van der Waals surface area contributed by atoms with Gasteiger partial charge in [0.15, 0.2) is 4.32 Å². The lowest BCUT2D eigenvalue weighted by Gasteiger charge is -2.16. The Labute approximate surface area is 139 Å². The molecule has 1 aliphatic heterocycles. The van der Waals surface area contributed by atoms with E-state index >= 15 is 0 Å². The fourth-order valence-corrected chi connectivity index (χ4v) is 3.38. The maximum absolute atomic E-state index is 12.8. The first kappa shape index (κ1) is 15.8. The lowest BCUT2D eigenvalue weighted by atomic mass is 10.2. The van der Waals surface area contributed by atoms with Crippen molar-refractivity contribution in [2.75, 3.05) is 4.90 Å². The molecule has 0 unspecified atom stereocenters. The molecule has 1 saturated heterocycles. The summed E-state index contributed by atoms with van der Waals surface area (Å²) < 4.78 is 38.7. The Hall–Kier alpha value is -2.06. The van der Waals surface area contributed by atoms with Gasteiger partial charge in [-0.25, -0.2) is 0 Å². The minimum Gasteiger partial charge on any atom is -0.362 e. The van der Waals surface area contributed by atoms with Gasteiger partial charge in [0.1, 0.15) is 0 Å². The zero-order valence-corrected chi connectivity index (χ0v) is 13.1. The van der Waals surface area contributed by atoms with Gasteiger partial charge in [0, 0.05) is 11.9 Å². The summed E-state index contributed by atoms with van der Waals surface area (Å²) in [6.07, 6.45) is -1.15. The molecule has 0 radical (unpaired) electrons. The van der Waals surface area contributed by atoms with Crippen molar-refractivity contribution in [3.8, 4) is 0 Å². The Bertz CT molecular complexity index is 797. The van der Waals surface area contributed by atoms with E-state index in [9.17, 15) is 18.0 Å². The number of hydrogen-bond donors (Lipinski definition) is 1. The summed E-state index contributed by atoms with van der Waals surface area (Å²) in [5.41, 5.74) is 0.00384. The summed E-state index contributed by atoms with van der Waals surface area (Å²) in [4.78, 5) is 16.9. The fraction of sp³-hybridized carbons (Fsp3) is 0.0667. The lowest BCUT2D eigenvalue weighted by molar-refractivity contribution is -0.137. The SMILES string of the molecule is O=C1/C(=C\c2ccc[nH]2)SC(=S)N1c1cccc(C(F)(F)F)c1. The number of aromatic nitrogens is 1. The monoisotopic (exact) mass is 354 g/mol. The summed E-state index contributed by atoms with van der Waals surface area (Å²) >= 11 is 6.20. The first-order valence-electron chi connectivity index (χ1n) is 6.45. The quantitative estimate of drug-likeness (QED) is 0.640. The van der Waals surface area contributed by atoms with Crippen LogP contribution in [0.3, 0.4) is 0 Å². The number of benzene rings is 1. The van der Waals surface area contributed by atoms with Crippen molar-refractivity contribution < 1.29 is 18.0 Å². The van der Waals surface area contributed by atoms with Crippen molar-refractivity contribution in [2.24, 2.45) is 0 Å². The van der Waals surface area contributed by atoms with Crippen LogP contribution in [0.2, 0.25) is 0 Å². The molecule has 1 aromatic carbocycles. The number of alkyl halides is 3. The number of nitrogens with zero attached hydrogens (tertiary/aromatic N) is 1. The third-order valence-corrected chi connectivity index (χ3v) is 4.44. The van der Waals surface area contributed by atoms with Gasteiger partial charge < -0.3 is 4.98 Å². The van der Waals surface area contributed by atoms with Crippen LogP contribution in [-0.4, -0.2) is 15.2 Å². The molecule has 0 spiro atoms. The summed E-state index contributed by atoms with van der Waals surface area (Å²) in [7, 11) is 0. The highest BCUT2D eigenvalue weighted by Crippen LogP contribution is 2.38. The van der Waals surface area contributed by atoms with Crippen LogP contribution < -0.4 is 4.90 Å². The molecule has 3 nitrogen and oxygen atoms in total. The van der Waals surface area contributed by atoms with Gasteiger partial charge in [-0.15, -0.1) is 0 Å². The first-order chi connectivity index (χ1) is 10.9. The number of H-pyrrole nitrogens is 1. The van der Waals surface area contributed by atoms with Crippen LogP contribution >= 0.6 is 24.0 Å². The number of carbonyl (C=O) groups is 1. The average Bonchev–Trinajstić information content (AvgIpc) is 3.08. The number of rotatable bonds is 2. The molecule has 0 aliphatic carbocycles. The summed E-state index contributed by atoms with van der Waals surface area (Å²) in [5.74, 6) is -0.436. The lowest BCUT2D eigenvalue weighted by Crippen LogP contribution is -2.27. The molecular formula is C15H9F3N2OS2. The van der Waals surface area contributed by atoms with Crippen molar-refractivity contribution in [3.05, 3.63) is 58.8 Å². The Kier molecular flexibility index (Phi) is 4.03. The standard InChI is InChI=1S/C15H9F3N2OS2/c16-15(17,18)9-3-1-5-11(7-9)20-13(21)12(23-14(20)22)8-10-4-2-6-19-10/h1-8,19H/b12-8+. The van der Waals surface area contributed by atoms with Crippen molar-refractivity contribution >= 4 is 46.0 Å². The second-order valence-corrected chi connectivity index (χ2v) is 6.37. The van der Waals surface area contributed by atoms with Crippen LogP contribution in [0.1, 0.15) is 11.3 Å². The Balaban J connectivity index is 1.95. The molecule has 2 heterocycles. The van der Waals surface area contributed by atoms with Crippen LogP contribution in [0.4, 0.5) is 18.9 Å². The van der Waals surface area contributed by atoms with E-state index in [2.05, 4.69) is 4.98 Å². The maximum atomic E-state index is 12.8. The molecular weight excluding hydrogens is 345 g/mol. The molecule has 1 amide bonds. The Morgan fingerprint density at radius 3 is 2.65 bits per heavy atom. The highest BCUT2D eigenvalue weighted by atomic mass is 32.2. The van der Waals surface area contributed by atoms with Crippen LogP contribution in [0.25, 0.3) is 6.08 Å². The highest BCUT2D eigenvalue weighted by Gasteiger charge is 2.36. The number of aromatic amines is 1. The van der Waals surface area contributed by atoms with Crippen molar-refractivity contribution in [3.63, 3.8) is 0 Å². The fourth-order valence-electron chi connectivity index (χ4n) is 2.09. The van der Waals surface area contributed by atoms with E-state index < -0.39 is 17.6 Å². The molecule has 0 atom stereocenters. The zero-order valence-electron chi connectivity index (χ0n) is 11.4. The Morgan fingerprint density at radius 1 is 1.22 bits per heavy atom. The highest BCUT2D eigenvalue weighted by molar-refractivity contribution is 8.27. The third-order valence-electron chi connectivity index (χ3n) is 3.13. The minimum absolute atomic E-state index is 0.109. The van der Waals surface area contributed by atoms with Gasteiger partial charge in [-0.05, 0) is 36.4 Å². The summed E-state index contributed by atoms with van der Waals surface area (Å²) in [6.45, 7) is 0. The molecule has 3 rings (SSSR count).